The van der Waals surface area contributed by atoms with Crippen molar-refractivity contribution in [2.75, 3.05) is 0 Å². The molecule has 0 bridgehead atoms. The van der Waals surface area contributed by atoms with Crippen LogP contribution in [-0.2, 0) is 33.4 Å². The molecular weight excluding hydrogens is 444 g/mol. The number of piperidine rings is 1. The summed E-state index contributed by atoms with van der Waals surface area (Å²) in [6, 6.07) is 5.50. The van der Waals surface area contributed by atoms with E-state index in [1.54, 1.807) is 0 Å². The molecule has 3 atom stereocenters. The lowest BCUT2D eigenvalue weighted by Crippen LogP contribution is -2.52. The molecule has 2 aliphatic heterocycles. The number of hydrogen-bond acceptors (Lipinski definition) is 4. The Morgan fingerprint density at radius 1 is 1.31 bits per heavy atom. The second kappa shape index (κ2) is 8.31. The topological polar surface area (TPSA) is 95.6 Å². The number of fused-ring (bicyclic) bond motifs is 1. The van der Waals surface area contributed by atoms with Crippen LogP contribution in [0.2, 0.25) is 6.43 Å². The number of amides is 4. The Labute approximate surface area is 192 Å². The van der Waals surface area contributed by atoms with Crippen LogP contribution >= 0.6 is 11.6 Å². The van der Waals surface area contributed by atoms with Gasteiger partial charge < -0.3 is 10.2 Å². The molecule has 2 unspecified atom stereocenters. The highest BCUT2D eigenvalue weighted by Gasteiger charge is 2.41. The van der Waals surface area contributed by atoms with E-state index in [4.69, 9.17) is 17.1 Å². The fraction of sp³-hybridized carbons (Fsp3) is 0.273. The highest BCUT2D eigenvalue weighted by Crippen LogP contribution is 2.30. The Morgan fingerprint density at radius 2 is 2.03 bits per heavy atom. The van der Waals surface area contributed by atoms with Crippen LogP contribution in [0, 0.1) is 0 Å². The first-order chi connectivity index (χ1) is 16.8. The van der Waals surface area contributed by atoms with Gasteiger partial charge in [0, 0.05) is 37.0 Å². The molecule has 2 heterocycles. The Morgan fingerprint density at radius 3 is 2.72 bits per heavy atom. The second-order valence-corrected chi connectivity index (χ2v) is 7.56. The number of nitrogens with zero attached hydrogens (tertiary/aromatic N) is 1. The molecule has 166 valence electrons. The molecule has 32 heavy (non-hydrogen) atoms. The number of halogens is 3. The number of rotatable bonds is 5. The largest absolute Gasteiger partial charge is 0.349 e. The first-order valence-corrected chi connectivity index (χ1v) is 9.76. The zero-order valence-corrected chi connectivity index (χ0v) is 17.0. The fourth-order valence-corrected chi connectivity index (χ4v) is 3.49. The quantitative estimate of drug-likeness (QED) is 0.663. The maximum absolute atomic E-state index is 14.7. The van der Waals surface area contributed by atoms with Gasteiger partial charge in [0.05, 0.1) is 2.74 Å². The van der Waals surface area contributed by atoms with Gasteiger partial charge >= 0.3 is 5.92 Å². The van der Waals surface area contributed by atoms with Crippen molar-refractivity contribution in [3.8, 4) is 0 Å². The molecule has 1 saturated heterocycles. The third-order valence-electron chi connectivity index (χ3n) is 5.00. The van der Waals surface area contributed by atoms with Gasteiger partial charge in [0.1, 0.15) is 6.02 Å². The van der Waals surface area contributed by atoms with Crippen LogP contribution in [0.3, 0.4) is 0 Å². The monoisotopic (exact) mass is 465 g/mol. The summed E-state index contributed by atoms with van der Waals surface area (Å²) in [4.78, 5) is 50.0. The summed E-state index contributed by atoms with van der Waals surface area (Å²) in [6.07, 6.45) is -2.01. The summed E-state index contributed by atoms with van der Waals surface area (Å²) in [5.41, 5.74) is -0.512. The number of nitrogens with one attached hydrogen (secondary N) is 2. The number of alkyl halides is 2. The van der Waals surface area contributed by atoms with Crippen molar-refractivity contribution in [1.82, 2.24) is 15.5 Å². The summed E-state index contributed by atoms with van der Waals surface area (Å²) in [7, 11) is 0. The van der Waals surface area contributed by atoms with Crippen LogP contribution < -0.4 is 10.6 Å². The van der Waals surface area contributed by atoms with Crippen molar-refractivity contribution < 1.29 is 33.5 Å². The lowest BCUT2D eigenvalue weighted by atomic mass is 10.0. The average molecular weight is 466 g/mol. The Bertz CT molecular complexity index is 1280. The number of imide groups is 1. The lowest BCUT2D eigenvalue weighted by Gasteiger charge is -2.29. The molecular formula is C22H18ClF2N3O4. The maximum Gasteiger partial charge on any atom is 0.349 e. The zero-order valence-electron chi connectivity index (χ0n) is 20.3. The third-order valence-corrected chi connectivity index (χ3v) is 5.25. The van der Waals surface area contributed by atoms with Gasteiger partial charge in [0.25, 0.3) is 11.8 Å². The maximum atomic E-state index is 14.7. The third kappa shape index (κ3) is 4.08. The molecule has 0 radical (unpaired) electrons. The van der Waals surface area contributed by atoms with E-state index in [2.05, 4.69) is 0 Å². The molecule has 2 aromatic rings. The molecule has 0 aliphatic carbocycles. The molecule has 4 amide bonds. The van der Waals surface area contributed by atoms with E-state index in [1.807, 2.05) is 5.32 Å². The van der Waals surface area contributed by atoms with Gasteiger partial charge in [-0.3, -0.25) is 24.5 Å². The molecule has 2 aromatic carbocycles. The van der Waals surface area contributed by atoms with Crippen molar-refractivity contribution in [3.63, 3.8) is 0 Å². The minimum absolute atomic E-state index is 0.0452. The summed E-state index contributed by atoms with van der Waals surface area (Å²) >= 11 is 5.69. The molecule has 0 aromatic heterocycles. The molecule has 1 fully saturated rings. The van der Waals surface area contributed by atoms with Crippen LogP contribution in [0.4, 0.5) is 8.78 Å². The predicted molar refractivity (Wildman–Crippen MR) is 110 cm³/mol. The molecule has 0 spiro atoms. The summed E-state index contributed by atoms with van der Waals surface area (Å²) < 4.78 is 62.0. The van der Waals surface area contributed by atoms with Crippen molar-refractivity contribution in [2.45, 2.75) is 37.8 Å². The van der Waals surface area contributed by atoms with Crippen LogP contribution in [0.1, 0.15) is 44.0 Å². The SMILES string of the molecule is [2H]C(c1ccc2c(c1)CN([C@]1([2H])C(=O)NC(=O)CC1[2H])C2=O)N([2H])C(=O)C(F)(F)c1ccc(Cl)cc1. The Balaban J connectivity index is 1.57. The van der Waals surface area contributed by atoms with Crippen molar-refractivity contribution in [2.24, 2.45) is 0 Å². The minimum atomic E-state index is -4.11. The smallest absolute Gasteiger partial charge is 0.346 e. The van der Waals surface area contributed by atoms with E-state index >= 15 is 0 Å². The molecule has 7 nitrogen and oxygen atoms in total. The summed E-state index contributed by atoms with van der Waals surface area (Å²) in [5.74, 6) is -8.67. The van der Waals surface area contributed by atoms with Gasteiger partial charge in [-0.2, -0.15) is 8.78 Å². The fourth-order valence-electron chi connectivity index (χ4n) is 3.37. The predicted octanol–water partition coefficient (Wildman–Crippen LogP) is 2.51. The van der Waals surface area contributed by atoms with Gasteiger partial charge in [0.2, 0.25) is 11.8 Å². The van der Waals surface area contributed by atoms with E-state index in [1.165, 1.54) is 18.2 Å². The molecule has 4 rings (SSSR count). The van der Waals surface area contributed by atoms with Crippen LogP contribution in [-0.4, -0.2) is 34.5 Å². The van der Waals surface area contributed by atoms with Crippen LogP contribution in [0.25, 0.3) is 0 Å². The van der Waals surface area contributed by atoms with E-state index in [-0.39, 0.29) is 33.6 Å². The van der Waals surface area contributed by atoms with Gasteiger partial charge in [-0.25, -0.2) is 0 Å². The van der Waals surface area contributed by atoms with Gasteiger partial charge in [-0.05, 0) is 35.7 Å². The lowest BCUT2D eigenvalue weighted by molar-refractivity contribution is -0.147. The molecule has 2 N–H and O–H groups in total. The molecule has 2 aliphatic rings. The van der Waals surface area contributed by atoms with Crippen LogP contribution in [0.5, 0.6) is 0 Å². The minimum Gasteiger partial charge on any atom is -0.346 e. The van der Waals surface area contributed by atoms with Crippen molar-refractivity contribution >= 4 is 35.2 Å². The second-order valence-electron chi connectivity index (χ2n) is 7.12. The zero-order chi connectivity index (χ0) is 26.6. The molecule has 0 saturated carbocycles. The summed E-state index contributed by atoms with van der Waals surface area (Å²) in [6.45, 7) is -2.23. The number of carbonyl (C=O) groups is 4. The number of carbonyl (C=O) groups excluding carboxylic acids is 4. The molecule has 10 heteroatoms. The normalized spacial score (nSPS) is 25.8. The van der Waals surface area contributed by atoms with E-state index < -0.39 is 60.5 Å². The first-order valence-electron chi connectivity index (χ1n) is 11.5. The number of benzene rings is 2. The Kier molecular flexibility index (Phi) is 4.48. The highest BCUT2D eigenvalue weighted by atomic mass is 35.5. The standard InChI is InChI=1S/C22H18ClF2N3O4/c23-15-4-2-14(3-5-15)22(24,25)21(32)26-10-12-1-6-16-13(9-12)11-28(20(16)31)17-7-8-18(29)27-19(17)30/h1-6,9,17H,7-8,10-11H2,(H,26,32)(H,27,29,30)/t17-/m0/s1/i7D,10D,17D/hD/t7?,10?,17-. The van der Waals surface area contributed by atoms with Gasteiger partial charge in [-0.1, -0.05) is 35.9 Å². The van der Waals surface area contributed by atoms with Gasteiger partial charge in [-0.15, -0.1) is 0 Å². The van der Waals surface area contributed by atoms with E-state index in [0.29, 0.717) is 0 Å². The van der Waals surface area contributed by atoms with Crippen molar-refractivity contribution in [3.05, 3.63) is 69.7 Å². The highest BCUT2D eigenvalue weighted by molar-refractivity contribution is 6.30. The average Bonchev–Trinajstić information content (AvgIpc) is 3.17. The van der Waals surface area contributed by atoms with Crippen molar-refractivity contribution in [1.29, 1.82) is 0 Å². The summed E-state index contributed by atoms with van der Waals surface area (Å²) in [5, 5.41) is 1.95. The van der Waals surface area contributed by atoms with Crippen LogP contribution in [0.15, 0.2) is 42.5 Å². The number of hydrogen-bond donors (Lipinski definition) is 2. The van der Waals surface area contributed by atoms with E-state index in [0.717, 1.165) is 29.2 Å². The first kappa shape index (κ1) is 17.3. The Hall–Kier alpha value is -3.33. The van der Waals surface area contributed by atoms with E-state index in [9.17, 15) is 28.0 Å². The van der Waals surface area contributed by atoms with Gasteiger partial charge in [0.15, 0.2) is 1.41 Å².